The van der Waals surface area contributed by atoms with Crippen LogP contribution in [-0.2, 0) is 4.74 Å². The highest BCUT2D eigenvalue weighted by atomic mass is 35.5. The van der Waals surface area contributed by atoms with Crippen LogP contribution in [0, 0.1) is 16.7 Å². The fraction of sp³-hybridized carbons (Fsp3) is 1.00. The Bertz CT molecular complexity index is 224. The zero-order valence-electron chi connectivity index (χ0n) is 12.2. The molecular weight excluding hydrogens is 232 g/mol. The monoisotopic (exact) mass is 260 g/mol. The maximum atomic E-state index is 6.24. The SMILES string of the molecule is COC(C)CC1(CCl)CCC(C(C)(C)C)CC1. The van der Waals surface area contributed by atoms with Crippen LogP contribution in [0.4, 0.5) is 0 Å². The van der Waals surface area contributed by atoms with Crippen LogP contribution >= 0.6 is 11.6 Å². The highest BCUT2D eigenvalue weighted by molar-refractivity contribution is 6.18. The van der Waals surface area contributed by atoms with Gasteiger partial charge in [-0.2, -0.15) is 0 Å². The minimum atomic E-state index is 0.332. The van der Waals surface area contributed by atoms with E-state index in [2.05, 4.69) is 27.7 Å². The first-order valence-corrected chi connectivity index (χ1v) is 7.45. The fourth-order valence-electron chi connectivity index (χ4n) is 3.18. The van der Waals surface area contributed by atoms with Gasteiger partial charge >= 0.3 is 0 Å². The molecule has 0 aromatic heterocycles. The number of methoxy groups -OCH3 is 1. The second kappa shape index (κ2) is 5.93. The highest BCUT2D eigenvalue weighted by Crippen LogP contribution is 2.48. The van der Waals surface area contributed by atoms with Gasteiger partial charge in [-0.25, -0.2) is 0 Å². The van der Waals surface area contributed by atoms with Gasteiger partial charge in [0.25, 0.3) is 0 Å². The van der Waals surface area contributed by atoms with E-state index in [1.165, 1.54) is 25.7 Å². The predicted molar refractivity (Wildman–Crippen MR) is 75.7 cm³/mol. The molecule has 0 N–H and O–H groups in total. The van der Waals surface area contributed by atoms with Gasteiger partial charge in [0.1, 0.15) is 0 Å². The lowest BCUT2D eigenvalue weighted by atomic mass is 9.63. The van der Waals surface area contributed by atoms with Gasteiger partial charge in [0.05, 0.1) is 6.10 Å². The predicted octanol–water partition coefficient (Wildman–Crippen LogP) is 4.87. The van der Waals surface area contributed by atoms with E-state index in [-0.39, 0.29) is 0 Å². The Balaban J connectivity index is 2.57. The minimum absolute atomic E-state index is 0.332. The van der Waals surface area contributed by atoms with Crippen molar-refractivity contribution in [2.75, 3.05) is 13.0 Å². The Kier molecular flexibility index (Phi) is 5.34. The van der Waals surface area contributed by atoms with E-state index in [1.54, 1.807) is 7.11 Å². The third kappa shape index (κ3) is 4.13. The smallest absolute Gasteiger partial charge is 0.0548 e. The van der Waals surface area contributed by atoms with Crippen LogP contribution in [0.5, 0.6) is 0 Å². The highest BCUT2D eigenvalue weighted by Gasteiger charge is 2.38. The van der Waals surface area contributed by atoms with Crippen molar-refractivity contribution in [3.05, 3.63) is 0 Å². The summed E-state index contributed by atoms with van der Waals surface area (Å²) < 4.78 is 5.42. The van der Waals surface area contributed by atoms with E-state index < -0.39 is 0 Å². The summed E-state index contributed by atoms with van der Waals surface area (Å²) in [4.78, 5) is 0. The maximum absolute atomic E-state index is 6.24. The molecule has 1 rings (SSSR count). The molecule has 0 radical (unpaired) electrons. The number of halogens is 1. The van der Waals surface area contributed by atoms with Gasteiger partial charge in [-0.15, -0.1) is 11.6 Å². The van der Waals surface area contributed by atoms with Crippen LogP contribution in [0.25, 0.3) is 0 Å². The lowest BCUT2D eigenvalue weighted by Gasteiger charge is -2.44. The molecule has 1 nitrogen and oxygen atoms in total. The van der Waals surface area contributed by atoms with Crippen molar-refractivity contribution < 1.29 is 4.74 Å². The van der Waals surface area contributed by atoms with E-state index in [9.17, 15) is 0 Å². The Morgan fingerprint density at radius 1 is 1.29 bits per heavy atom. The molecule has 102 valence electrons. The summed E-state index contributed by atoms with van der Waals surface area (Å²) in [7, 11) is 1.80. The van der Waals surface area contributed by atoms with E-state index in [0.717, 1.165) is 18.2 Å². The third-order valence-corrected chi connectivity index (χ3v) is 5.24. The molecule has 1 unspecified atom stereocenters. The Morgan fingerprint density at radius 3 is 2.18 bits per heavy atom. The standard InChI is InChI=1S/C15H29ClO/c1-12(17-5)10-15(11-16)8-6-13(7-9-15)14(2,3)4/h12-13H,6-11H2,1-5H3. The van der Waals surface area contributed by atoms with Gasteiger partial charge in [-0.05, 0) is 55.8 Å². The van der Waals surface area contributed by atoms with Crippen LogP contribution < -0.4 is 0 Å². The zero-order valence-corrected chi connectivity index (χ0v) is 12.9. The van der Waals surface area contributed by atoms with Crippen LogP contribution in [0.1, 0.15) is 59.8 Å². The molecule has 1 atom stereocenters. The number of hydrogen-bond acceptors (Lipinski definition) is 1. The van der Waals surface area contributed by atoms with Crippen molar-refractivity contribution in [3.63, 3.8) is 0 Å². The molecule has 0 aliphatic heterocycles. The summed E-state index contributed by atoms with van der Waals surface area (Å²) in [6, 6.07) is 0. The second-order valence-electron chi connectivity index (χ2n) is 7.02. The first-order valence-electron chi connectivity index (χ1n) is 6.92. The van der Waals surface area contributed by atoms with Crippen LogP contribution in [0.3, 0.4) is 0 Å². The molecule has 1 aliphatic rings. The van der Waals surface area contributed by atoms with Crippen molar-refractivity contribution in [1.29, 1.82) is 0 Å². The molecule has 0 aromatic carbocycles. The largest absolute Gasteiger partial charge is 0.382 e. The molecular formula is C15H29ClO. The second-order valence-corrected chi connectivity index (χ2v) is 7.29. The average molecular weight is 261 g/mol. The van der Waals surface area contributed by atoms with Gasteiger partial charge in [0, 0.05) is 13.0 Å². The Hall–Kier alpha value is 0.250. The minimum Gasteiger partial charge on any atom is -0.382 e. The van der Waals surface area contributed by atoms with E-state index in [4.69, 9.17) is 16.3 Å². The molecule has 0 amide bonds. The molecule has 0 spiro atoms. The van der Waals surface area contributed by atoms with Crippen LogP contribution in [0.15, 0.2) is 0 Å². The molecule has 0 saturated heterocycles. The molecule has 1 aliphatic carbocycles. The Morgan fingerprint density at radius 2 is 1.82 bits per heavy atom. The van der Waals surface area contributed by atoms with Crippen molar-refractivity contribution in [3.8, 4) is 0 Å². The number of ether oxygens (including phenoxy) is 1. The van der Waals surface area contributed by atoms with Crippen molar-refractivity contribution in [2.45, 2.75) is 65.9 Å². The summed E-state index contributed by atoms with van der Waals surface area (Å²) in [5.74, 6) is 1.65. The third-order valence-electron chi connectivity index (χ3n) is 4.68. The average Bonchev–Trinajstić information content (AvgIpc) is 2.28. The lowest BCUT2D eigenvalue weighted by Crippen LogP contribution is -2.36. The van der Waals surface area contributed by atoms with Gasteiger partial charge in [0.15, 0.2) is 0 Å². The van der Waals surface area contributed by atoms with Crippen LogP contribution in [0.2, 0.25) is 0 Å². The first-order chi connectivity index (χ1) is 7.83. The summed E-state index contributed by atoms with van der Waals surface area (Å²) in [5.41, 5.74) is 0.782. The molecule has 1 saturated carbocycles. The van der Waals surface area contributed by atoms with E-state index in [1.807, 2.05) is 0 Å². The number of hydrogen-bond donors (Lipinski definition) is 0. The van der Waals surface area contributed by atoms with Gasteiger partial charge in [-0.1, -0.05) is 20.8 Å². The molecule has 1 fully saturated rings. The van der Waals surface area contributed by atoms with Crippen molar-refractivity contribution in [1.82, 2.24) is 0 Å². The zero-order chi connectivity index (χ0) is 13.1. The molecule has 0 aromatic rings. The fourth-order valence-corrected chi connectivity index (χ4v) is 3.56. The first kappa shape index (κ1) is 15.3. The topological polar surface area (TPSA) is 9.23 Å². The van der Waals surface area contributed by atoms with Gasteiger partial charge < -0.3 is 4.74 Å². The van der Waals surface area contributed by atoms with E-state index in [0.29, 0.717) is 16.9 Å². The van der Waals surface area contributed by atoms with Gasteiger partial charge in [0.2, 0.25) is 0 Å². The van der Waals surface area contributed by atoms with Gasteiger partial charge in [-0.3, -0.25) is 0 Å². The Labute approximate surface area is 112 Å². The number of rotatable bonds is 4. The summed E-state index contributed by atoms with van der Waals surface area (Å²) in [6.45, 7) is 9.25. The molecule has 0 heterocycles. The van der Waals surface area contributed by atoms with E-state index >= 15 is 0 Å². The lowest BCUT2D eigenvalue weighted by molar-refractivity contribution is 0.0329. The van der Waals surface area contributed by atoms with Crippen LogP contribution in [-0.4, -0.2) is 19.1 Å². The quantitative estimate of drug-likeness (QED) is 0.655. The number of alkyl halides is 1. The summed E-state index contributed by atoms with van der Waals surface area (Å²) >= 11 is 6.24. The normalized spacial score (nSPS) is 32.5. The maximum Gasteiger partial charge on any atom is 0.0548 e. The van der Waals surface area contributed by atoms with Crippen molar-refractivity contribution >= 4 is 11.6 Å². The summed E-state index contributed by atoms with van der Waals surface area (Å²) in [5, 5.41) is 0. The summed E-state index contributed by atoms with van der Waals surface area (Å²) in [6.07, 6.45) is 6.64. The molecule has 17 heavy (non-hydrogen) atoms. The van der Waals surface area contributed by atoms with Crippen molar-refractivity contribution in [2.24, 2.45) is 16.7 Å². The molecule has 0 bridgehead atoms. The molecule has 2 heteroatoms.